The van der Waals surface area contributed by atoms with Crippen LogP contribution >= 0.6 is 11.6 Å². The molecule has 20 heavy (non-hydrogen) atoms. The van der Waals surface area contributed by atoms with Crippen LogP contribution in [0, 0.1) is 5.92 Å². The van der Waals surface area contributed by atoms with Crippen molar-refractivity contribution < 1.29 is 5.11 Å². The number of hydrogen-bond donors (Lipinski definition) is 2. The van der Waals surface area contributed by atoms with Crippen LogP contribution in [0.1, 0.15) is 48.8 Å². The first-order valence-electron chi connectivity index (χ1n) is 7.98. The van der Waals surface area contributed by atoms with Crippen LogP contribution in [0.5, 0.6) is 5.75 Å². The second-order valence-electron chi connectivity index (χ2n) is 6.30. The highest BCUT2D eigenvalue weighted by molar-refractivity contribution is 6.32. The van der Waals surface area contributed by atoms with Crippen LogP contribution in [0.25, 0.3) is 0 Å². The fourth-order valence-electron chi connectivity index (χ4n) is 3.72. The highest BCUT2D eigenvalue weighted by atomic mass is 35.5. The second kappa shape index (κ2) is 6.36. The van der Waals surface area contributed by atoms with Crippen LogP contribution in [0.15, 0.2) is 6.07 Å². The van der Waals surface area contributed by atoms with E-state index in [1.165, 1.54) is 43.2 Å². The number of piperidine rings is 1. The highest BCUT2D eigenvalue weighted by Gasteiger charge is 2.22. The number of nitrogens with one attached hydrogen (secondary N) is 1. The van der Waals surface area contributed by atoms with Gasteiger partial charge in [0.2, 0.25) is 0 Å². The predicted octanol–water partition coefficient (Wildman–Crippen LogP) is 3.86. The first kappa shape index (κ1) is 14.2. The summed E-state index contributed by atoms with van der Waals surface area (Å²) in [6.45, 7) is 2.21. The van der Waals surface area contributed by atoms with Crippen molar-refractivity contribution in [2.75, 3.05) is 13.1 Å². The lowest BCUT2D eigenvalue weighted by Crippen LogP contribution is -2.31. The minimum atomic E-state index is 0.345. The largest absolute Gasteiger partial charge is 0.506 e. The van der Waals surface area contributed by atoms with Gasteiger partial charge in [-0.2, -0.15) is 0 Å². The summed E-state index contributed by atoms with van der Waals surface area (Å²) in [4.78, 5) is 0. The van der Waals surface area contributed by atoms with Crippen molar-refractivity contribution in [1.29, 1.82) is 0 Å². The molecule has 1 saturated heterocycles. The zero-order valence-corrected chi connectivity index (χ0v) is 12.8. The number of benzene rings is 1. The Morgan fingerprint density at radius 2 is 2.05 bits per heavy atom. The minimum Gasteiger partial charge on any atom is -0.506 e. The molecule has 110 valence electrons. The first-order valence-corrected chi connectivity index (χ1v) is 8.36. The van der Waals surface area contributed by atoms with E-state index in [0.29, 0.717) is 16.7 Å². The molecule has 3 rings (SSSR count). The maximum absolute atomic E-state index is 10.4. The van der Waals surface area contributed by atoms with Crippen molar-refractivity contribution in [3.8, 4) is 5.75 Å². The van der Waals surface area contributed by atoms with Crippen LogP contribution in [0.3, 0.4) is 0 Å². The van der Waals surface area contributed by atoms with Crippen LogP contribution in [-0.4, -0.2) is 18.2 Å². The van der Waals surface area contributed by atoms with Crippen molar-refractivity contribution in [3.63, 3.8) is 0 Å². The lowest BCUT2D eigenvalue weighted by Gasteiger charge is -2.25. The van der Waals surface area contributed by atoms with E-state index in [2.05, 4.69) is 5.32 Å². The molecule has 1 heterocycles. The molecule has 1 unspecified atom stereocenters. The lowest BCUT2D eigenvalue weighted by atomic mass is 9.87. The van der Waals surface area contributed by atoms with Crippen LogP contribution in [0.4, 0.5) is 0 Å². The Bertz CT molecular complexity index is 480. The van der Waals surface area contributed by atoms with Crippen LogP contribution < -0.4 is 5.32 Å². The van der Waals surface area contributed by atoms with E-state index in [4.69, 9.17) is 11.6 Å². The van der Waals surface area contributed by atoms with Crippen molar-refractivity contribution in [2.24, 2.45) is 5.92 Å². The summed E-state index contributed by atoms with van der Waals surface area (Å²) in [5.41, 5.74) is 3.92. The van der Waals surface area contributed by atoms with E-state index < -0.39 is 0 Å². The third-order valence-corrected chi connectivity index (χ3v) is 5.12. The van der Waals surface area contributed by atoms with Gasteiger partial charge in [-0.3, -0.25) is 0 Å². The molecule has 1 aliphatic carbocycles. The van der Waals surface area contributed by atoms with E-state index >= 15 is 0 Å². The molecule has 1 aromatic rings. The normalized spacial score (nSPS) is 23.1. The summed E-state index contributed by atoms with van der Waals surface area (Å²) < 4.78 is 0. The van der Waals surface area contributed by atoms with Gasteiger partial charge in [0.15, 0.2) is 0 Å². The summed E-state index contributed by atoms with van der Waals surface area (Å²) in [6.07, 6.45) is 9.48. The Balaban J connectivity index is 1.92. The molecule has 1 aliphatic heterocycles. The molecule has 2 nitrogen and oxygen atoms in total. The molecular formula is C17H24ClNO. The monoisotopic (exact) mass is 293 g/mol. The summed E-state index contributed by atoms with van der Waals surface area (Å²) in [6, 6.07) is 2.00. The van der Waals surface area contributed by atoms with Gasteiger partial charge in [0.25, 0.3) is 0 Å². The molecular weight excluding hydrogens is 270 g/mol. The fraction of sp³-hybridized carbons (Fsp3) is 0.647. The van der Waals surface area contributed by atoms with E-state index in [1.54, 1.807) is 0 Å². The van der Waals surface area contributed by atoms with E-state index in [1.807, 2.05) is 6.07 Å². The molecule has 1 aromatic carbocycles. The Morgan fingerprint density at radius 1 is 1.20 bits per heavy atom. The smallest absolute Gasteiger partial charge is 0.137 e. The van der Waals surface area contributed by atoms with Gasteiger partial charge in [-0.05, 0) is 86.7 Å². The molecule has 2 N–H and O–H groups in total. The van der Waals surface area contributed by atoms with Crippen LogP contribution in [-0.2, 0) is 19.3 Å². The molecule has 0 spiro atoms. The number of fused-ring (bicyclic) bond motifs is 1. The highest BCUT2D eigenvalue weighted by Crippen LogP contribution is 2.37. The number of hydrogen-bond acceptors (Lipinski definition) is 2. The van der Waals surface area contributed by atoms with E-state index in [9.17, 15) is 5.11 Å². The molecule has 0 aromatic heterocycles. The average Bonchev–Trinajstić information content (AvgIpc) is 2.70. The predicted molar refractivity (Wildman–Crippen MR) is 83.7 cm³/mol. The van der Waals surface area contributed by atoms with E-state index in [0.717, 1.165) is 37.9 Å². The first-order chi connectivity index (χ1) is 9.75. The van der Waals surface area contributed by atoms with Crippen molar-refractivity contribution in [2.45, 2.75) is 51.4 Å². The van der Waals surface area contributed by atoms with Crippen molar-refractivity contribution in [1.82, 2.24) is 5.32 Å². The number of rotatable bonds is 2. The molecule has 3 heteroatoms. The number of phenolic OH excluding ortho intramolecular Hbond substituents is 1. The molecule has 0 amide bonds. The zero-order chi connectivity index (χ0) is 13.9. The SMILES string of the molecule is Oc1c(Cl)cc2c(c1CC1CCCNC1)CCCCC2. The zero-order valence-electron chi connectivity index (χ0n) is 12.1. The van der Waals surface area contributed by atoms with Gasteiger partial charge in [0.05, 0.1) is 5.02 Å². The number of halogens is 1. The Kier molecular flexibility index (Phi) is 4.52. The number of aryl methyl sites for hydroxylation is 1. The van der Waals surface area contributed by atoms with Gasteiger partial charge in [-0.15, -0.1) is 0 Å². The molecule has 0 bridgehead atoms. The summed E-state index contributed by atoms with van der Waals surface area (Å²) >= 11 is 6.26. The summed E-state index contributed by atoms with van der Waals surface area (Å²) in [5.74, 6) is 0.985. The molecule has 2 aliphatic rings. The van der Waals surface area contributed by atoms with Gasteiger partial charge in [-0.25, -0.2) is 0 Å². The summed E-state index contributed by atoms with van der Waals surface area (Å²) in [7, 11) is 0. The Morgan fingerprint density at radius 3 is 2.85 bits per heavy atom. The van der Waals surface area contributed by atoms with Gasteiger partial charge >= 0.3 is 0 Å². The Labute approximate surface area is 126 Å². The summed E-state index contributed by atoms with van der Waals surface area (Å²) in [5, 5.41) is 14.4. The number of aromatic hydroxyl groups is 1. The molecule has 1 fully saturated rings. The van der Waals surface area contributed by atoms with Gasteiger partial charge in [0.1, 0.15) is 5.75 Å². The number of phenols is 1. The molecule has 1 atom stereocenters. The van der Waals surface area contributed by atoms with Gasteiger partial charge in [-0.1, -0.05) is 18.0 Å². The average molecular weight is 294 g/mol. The quantitative estimate of drug-likeness (QED) is 0.812. The Hall–Kier alpha value is -0.730. The van der Waals surface area contributed by atoms with E-state index in [-0.39, 0.29) is 0 Å². The molecule has 0 saturated carbocycles. The standard InChI is InChI=1S/C17H24ClNO/c18-16-10-13-6-2-1-3-7-14(13)15(17(16)20)9-12-5-4-8-19-11-12/h10,12,19-20H,1-9,11H2. The third kappa shape index (κ3) is 2.96. The minimum absolute atomic E-state index is 0.345. The topological polar surface area (TPSA) is 32.3 Å². The van der Waals surface area contributed by atoms with Gasteiger partial charge in [0, 0.05) is 0 Å². The fourth-order valence-corrected chi connectivity index (χ4v) is 3.97. The third-order valence-electron chi connectivity index (χ3n) is 4.83. The van der Waals surface area contributed by atoms with Crippen LogP contribution in [0.2, 0.25) is 5.02 Å². The van der Waals surface area contributed by atoms with Gasteiger partial charge < -0.3 is 10.4 Å². The van der Waals surface area contributed by atoms with Crippen molar-refractivity contribution >= 4 is 11.6 Å². The molecule has 0 radical (unpaired) electrons. The second-order valence-corrected chi connectivity index (χ2v) is 6.71. The van der Waals surface area contributed by atoms with Crippen molar-refractivity contribution in [3.05, 3.63) is 27.8 Å². The maximum Gasteiger partial charge on any atom is 0.137 e. The maximum atomic E-state index is 10.4. The lowest BCUT2D eigenvalue weighted by molar-refractivity contribution is 0.368.